The summed E-state index contributed by atoms with van der Waals surface area (Å²) in [4.78, 5) is 0.538. The number of benzene rings is 3. The van der Waals surface area contributed by atoms with E-state index in [2.05, 4.69) is 0 Å². The summed E-state index contributed by atoms with van der Waals surface area (Å²) >= 11 is 5.79. The van der Waals surface area contributed by atoms with Crippen LogP contribution in [0.5, 0.6) is 0 Å². The Morgan fingerprint density at radius 2 is 1.30 bits per heavy atom. The van der Waals surface area contributed by atoms with E-state index in [4.69, 9.17) is 11.6 Å². The molecular weight excluding hydrogens is 292 g/mol. The highest BCUT2D eigenvalue weighted by Gasteiger charge is 2.17. The van der Waals surface area contributed by atoms with Crippen molar-refractivity contribution in [2.24, 2.45) is 0 Å². The normalized spacial score (nSPS) is 11.7. The van der Waals surface area contributed by atoms with E-state index in [0.29, 0.717) is 9.92 Å². The van der Waals surface area contributed by atoms with Gasteiger partial charge in [-0.3, -0.25) is 0 Å². The van der Waals surface area contributed by atoms with Crippen LogP contribution in [0.1, 0.15) is 0 Å². The maximum atomic E-state index is 12.5. The first kappa shape index (κ1) is 13.2. The highest BCUT2D eigenvalue weighted by atomic mass is 35.5. The predicted molar refractivity (Wildman–Crippen MR) is 80.9 cm³/mol. The molecule has 2 nitrogen and oxygen atoms in total. The van der Waals surface area contributed by atoms with Crippen LogP contribution in [-0.2, 0) is 9.84 Å². The summed E-state index contributed by atoms with van der Waals surface area (Å²) in [6.45, 7) is 0. The van der Waals surface area contributed by atoms with E-state index in [0.717, 1.165) is 10.8 Å². The monoisotopic (exact) mass is 302 g/mol. The second-order valence-electron chi connectivity index (χ2n) is 4.47. The predicted octanol–water partition coefficient (Wildman–Crippen LogP) is 4.33. The second kappa shape index (κ2) is 4.93. The van der Waals surface area contributed by atoms with E-state index in [9.17, 15) is 8.42 Å². The molecule has 0 unspecified atom stereocenters. The van der Waals surface area contributed by atoms with Crippen molar-refractivity contribution in [3.8, 4) is 0 Å². The van der Waals surface area contributed by atoms with E-state index in [1.807, 2.05) is 30.3 Å². The Morgan fingerprint density at radius 3 is 2.00 bits per heavy atom. The van der Waals surface area contributed by atoms with Crippen LogP contribution in [-0.4, -0.2) is 8.42 Å². The SMILES string of the molecule is O=S(=O)(c1ccc(Cl)cc1)c1ccc2ccccc2c1. The Labute approximate surface area is 122 Å². The molecule has 3 rings (SSSR count). The van der Waals surface area contributed by atoms with E-state index >= 15 is 0 Å². The summed E-state index contributed by atoms with van der Waals surface area (Å²) in [7, 11) is -3.51. The molecule has 0 radical (unpaired) electrons. The van der Waals surface area contributed by atoms with Gasteiger partial charge in [0.05, 0.1) is 9.79 Å². The Bertz CT molecular complexity index is 868. The standard InChI is InChI=1S/C16H11ClO2S/c17-14-6-9-15(10-7-14)20(18,19)16-8-5-12-3-1-2-4-13(12)11-16/h1-11H. The fraction of sp³-hybridized carbons (Fsp3) is 0. The molecule has 0 spiro atoms. The molecule has 20 heavy (non-hydrogen) atoms. The first-order valence-electron chi connectivity index (χ1n) is 6.07. The first-order valence-corrected chi connectivity index (χ1v) is 7.93. The molecule has 3 aromatic rings. The fourth-order valence-corrected chi connectivity index (χ4v) is 3.51. The van der Waals surface area contributed by atoms with Gasteiger partial charge in [0.2, 0.25) is 9.84 Å². The summed E-state index contributed by atoms with van der Waals surface area (Å²) in [6.07, 6.45) is 0. The number of halogens is 1. The van der Waals surface area contributed by atoms with Gasteiger partial charge in [0.1, 0.15) is 0 Å². The highest BCUT2D eigenvalue weighted by Crippen LogP contribution is 2.25. The molecule has 0 aliphatic carbocycles. The third kappa shape index (κ3) is 2.30. The van der Waals surface area contributed by atoms with Gasteiger partial charge in [0.15, 0.2) is 0 Å². The summed E-state index contributed by atoms with van der Waals surface area (Å²) in [5.41, 5.74) is 0. The van der Waals surface area contributed by atoms with Crippen LogP contribution in [0.15, 0.2) is 76.5 Å². The maximum Gasteiger partial charge on any atom is 0.206 e. The zero-order chi connectivity index (χ0) is 14.2. The Hall–Kier alpha value is -1.84. The molecule has 0 amide bonds. The first-order chi connectivity index (χ1) is 9.57. The van der Waals surface area contributed by atoms with Crippen molar-refractivity contribution in [1.82, 2.24) is 0 Å². The molecule has 0 saturated heterocycles. The van der Waals surface area contributed by atoms with Gasteiger partial charge < -0.3 is 0 Å². The van der Waals surface area contributed by atoms with Crippen LogP contribution >= 0.6 is 11.6 Å². The molecule has 3 aromatic carbocycles. The van der Waals surface area contributed by atoms with Crippen molar-refractivity contribution in [2.45, 2.75) is 9.79 Å². The number of fused-ring (bicyclic) bond motifs is 1. The van der Waals surface area contributed by atoms with Crippen molar-refractivity contribution >= 4 is 32.2 Å². The maximum absolute atomic E-state index is 12.5. The summed E-state index contributed by atoms with van der Waals surface area (Å²) < 4.78 is 25.1. The van der Waals surface area contributed by atoms with Crippen molar-refractivity contribution in [3.63, 3.8) is 0 Å². The van der Waals surface area contributed by atoms with Crippen LogP contribution in [0, 0.1) is 0 Å². The summed E-state index contributed by atoms with van der Waals surface area (Å²) in [5.74, 6) is 0. The van der Waals surface area contributed by atoms with E-state index in [1.54, 1.807) is 24.3 Å². The molecule has 4 heteroatoms. The molecule has 0 aliphatic rings. The zero-order valence-corrected chi connectivity index (χ0v) is 12.0. The van der Waals surface area contributed by atoms with Gasteiger partial charge in [0.25, 0.3) is 0 Å². The molecule has 0 fully saturated rings. The van der Waals surface area contributed by atoms with Crippen molar-refractivity contribution in [1.29, 1.82) is 0 Å². The van der Waals surface area contributed by atoms with Gasteiger partial charge in [0, 0.05) is 5.02 Å². The average molecular weight is 303 g/mol. The molecule has 0 atom stereocenters. The summed E-state index contributed by atoms with van der Waals surface area (Å²) in [6, 6.07) is 19.0. The molecule has 0 aromatic heterocycles. The molecule has 100 valence electrons. The molecule has 0 aliphatic heterocycles. The Morgan fingerprint density at radius 1 is 0.700 bits per heavy atom. The molecule has 0 heterocycles. The lowest BCUT2D eigenvalue weighted by Gasteiger charge is -2.06. The van der Waals surface area contributed by atoms with E-state index < -0.39 is 9.84 Å². The van der Waals surface area contributed by atoms with Gasteiger partial charge in [-0.1, -0.05) is 41.9 Å². The molecule has 0 bridgehead atoms. The minimum absolute atomic E-state index is 0.247. The molecular formula is C16H11ClO2S. The number of sulfone groups is 1. The average Bonchev–Trinajstić information content (AvgIpc) is 2.47. The minimum atomic E-state index is -3.51. The fourth-order valence-electron chi connectivity index (χ4n) is 2.08. The van der Waals surface area contributed by atoms with Gasteiger partial charge in [-0.05, 0) is 47.2 Å². The quantitative estimate of drug-likeness (QED) is 0.706. The lowest BCUT2D eigenvalue weighted by atomic mass is 10.1. The van der Waals surface area contributed by atoms with Crippen LogP contribution < -0.4 is 0 Å². The van der Waals surface area contributed by atoms with Gasteiger partial charge in [-0.15, -0.1) is 0 Å². The van der Waals surface area contributed by atoms with Gasteiger partial charge in [-0.2, -0.15) is 0 Å². The largest absolute Gasteiger partial charge is 0.219 e. The van der Waals surface area contributed by atoms with Crippen molar-refractivity contribution < 1.29 is 8.42 Å². The third-order valence-corrected chi connectivity index (χ3v) is 5.17. The topological polar surface area (TPSA) is 34.1 Å². The lowest BCUT2D eigenvalue weighted by Crippen LogP contribution is -2.01. The Balaban J connectivity index is 2.15. The van der Waals surface area contributed by atoms with E-state index in [-0.39, 0.29) is 4.90 Å². The number of rotatable bonds is 2. The van der Waals surface area contributed by atoms with Crippen LogP contribution in [0.4, 0.5) is 0 Å². The van der Waals surface area contributed by atoms with Crippen LogP contribution in [0.2, 0.25) is 5.02 Å². The minimum Gasteiger partial charge on any atom is -0.219 e. The third-order valence-electron chi connectivity index (χ3n) is 3.16. The van der Waals surface area contributed by atoms with Crippen molar-refractivity contribution in [3.05, 3.63) is 71.8 Å². The zero-order valence-electron chi connectivity index (χ0n) is 10.5. The van der Waals surface area contributed by atoms with E-state index in [1.165, 1.54) is 12.1 Å². The second-order valence-corrected chi connectivity index (χ2v) is 6.85. The smallest absolute Gasteiger partial charge is 0.206 e. The molecule has 0 N–H and O–H groups in total. The highest BCUT2D eigenvalue weighted by molar-refractivity contribution is 7.91. The van der Waals surface area contributed by atoms with Gasteiger partial charge in [-0.25, -0.2) is 8.42 Å². The van der Waals surface area contributed by atoms with Gasteiger partial charge >= 0.3 is 0 Å². The van der Waals surface area contributed by atoms with Crippen molar-refractivity contribution in [2.75, 3.05) is 0 Å². The van der Waals surface area contributed by atoms with Crippen LogP contribution in [0.25, 0.3) is 10.8 Å². The molecule has 0 saturated carbocycles. The lowest BCUT2D eigenvalue weighted by molar-refractivity contribution is 0.596. The Kier molecular flexibility index (Phi) is 3.24. The number of hydrogen-bond donors (Lipinski definition) is 0. The van der Waals surface area contributed by atoms with Crippen LogP contribution in [0.3, 0.4) is 0 Å². The summed E-state index contributed by atoms with van der Waals surface area (Å²) in [5, 5.41) is 2.44. The number of hydrogen-bond acceptors (Lipinski definition) is 2.